The molecule has 1 aromatic rings. The summed E-state index contributed by atoms with van der Waals surface area (Å²) in [6.45, 7) is 2.15. The Labute approximate surface area is 117 Å². The summed E-state index contributed by atoms with van der Waals surface area (Å²) >= 11 is 5.98. The highest BCUT2D eigenvalue weighted by Crippen LogP contribution is 2.18. The molecule has 0 atom stereocenters. The van der Waals surface area contributed by atoms with Crippen molar-refractivity contribution in [3.8, 4) is 0 Å². The monoisotopic (exact) mass is 284 g/mol. The molecule has 2 rings (SSSR count). The molecule has 1 saturated heterocycles. The van der Waals surface area contributed by atoms with E-state index in [1.165, 1.54) is 0 Å². The van der Waals surface area contributed by atoms with E-state index in [1.54, 1.807) is 18.1 Å². The molecular formula is C12H17ClN4O2. The summed E-state index contributed by atoms with van der Waals surface area (Å²) in [7, 11) is 3.39. The number of carbonyl (C=O) groups excluding carboxylic acids is 1. The highest BCUT2D eigenvalue weighted by Gasteiger charge is 2.20. The van der Waals surface area contributed by atoms with Crippen LogP contribution in [0.25, 0.3) is 0 Å². The Hall–Kier alpha value is -1.40. The molecule has 0 aromatic carbocycles. The van der Waals surface area contributed by atoms with Crippen LogP contribution < -0.4 is 4.90 Å². The van der Waals surface area contributed by atoms with E-state index in [4.69, 9.17) is 16.3 Å². The summed E-state index contributed by atoms with van der Waals surface area (Å²) in [5.74, 6) is 1.28. The van der Waals surface area contributed by atoms with Crippen LogP contribution in [0.15, 0.2) is 6.07 Å². The highest BCUT2D eigenvalue weighted by molar-refractivity contribution is 6.29. The minimum absolute atomic E-state index is 0.0838. The van der Waals surface area contributed by atoms with E-state index in [1.807, 2.05) is 11.9 Å². The Kier molecular flexibility index (Phi) is 4.55. The second-order valence-corrected chi connectivity index (χ2v) is 4.88. The lowest BCUT2D eigenvalue weighted by Crippen LogP contribution is -2.34. The summed E-state index contributed by atoms with van der Waals surface area (Å²) in [4.78, 5) is 24.0. The van der Waals surface area contributed by atoms with Gasteiger partial charge in [0, 0.05) is 33.3 Å². The van der Waals surface area contributed by atoms with Gasteiger partial charge in [0.05, 0.1) is 6.54 Å². The predicted octanol–water partition coefficient (Wildman–Crippen LogP) is 0.945. The van der Waals surface area contributed by atoms with Crippen molar-refractivity contribution in [2.75, 3.05) is 38.7 Å². The van der Waals surface area contributed by atoms with Gasteiger partial charge in [0.1, 0.15) is 17.6 Å². The minimum atomic E-state index is 0.0838. The molecule has 0 aliphatic carbocycles. The van der Waals surface area contributed by atoms with Gasteiger partial charge in [-0.3, -0.25) is 4.79 Å². The fourth-order valence-electron chi connectivity index (χ4n) is 1.99. The van der Waals surface area contributed by atoms with Crippen molar-refractivity contribution in [2.45, 2.75) is 13.0 Å². The van der Waals surface area contributed by atoms with Crippen LogP contribution in [0.5, 0.6) is 0 Å². The van der Waals surface area contributed by atoms with Crippen molar-refractivity contribution >= 4 is 23.3 Å². The zero-order chi connectivity index (χ0) is 13.8. The van der Waals surface area contributed by atoms with Crippen LogP contribution >= 0.6 is 11.6 Å². The molecule has 104 valence electrons. The number of ether oxygens (including phenoxy) is 1. The smallest absolute Gasteiger partial charge is 0.241 e. The molecule has 0 saturated carbocycles. The number of hydrogen-bond acceptors (Lipinski definition) is 5. The zero-order valence-electron chi connectivity index (χ0n) is 11.1. The standard InChI is InChI=1S/C12H17ClN4O2/c1-16-4-3-5-17(7-12(16)18)11-6-9(13)14-10(15-11)8-19-2/h6H,3-5,7-8H2,1-2H3. The van der Waals surface area contributed by atoms with Crippen molar-refractivity contribution in [1.29, 1.82) is 0 Å². The van der Waals surface area contributed by atoms with Crippen molar-refractivity contribution in [1.82, 2.24) is 14.9 Å². The number of rotatable bonds is 3. The molecule has 0 unspecified atom stereocenters. The topological polar surface area (TPSA) is 58.6 Å². The molecule has 7 heteroatoms. The lowest BCUT2D eigenvalue weighted by Gasteiger charge is -2.21. The van der Waals surface area contributed by atoms with Crippen molar-refractivity contribution in [3.05, 3.63) is 17.0 Å². The molecule has 2 heterocycles. The number of anilines is 1. The van der Waals surface area contributed by atoms with Gasteiger partial charge in [-0.2, -0.15) is 0 Å². The average Bonchev–Trinajstić information content (AvgIpc) is 2.52. The minimum Gasteiger partial charge on any atom is -0.377 e. The Morgan fingerprint density at radius 2 is 2.21 bits per heavy atom. The van der Waals surface area contributed by atoms with Gasteiger partial charge in [-0.05, 0) is 6.42 Å². The van der Waals surface area contributed by atoms with Crippen LogP contribution in [-0.2, 0) is 16.1 Å². The average molecular weight is 285 g/mol. The van der Waals surface area contributed by atoms with Crippen LogP contribution in [-0.4, -0.2) is 54.6 Å². The molecule has 19 heavy (non-hydrogen) atoms. The number of halogens is 1. The highest BCUT2D eigenvalue weighted by atomic mass is 35.5. The molecule has 0 N–H and O–H groups in total. The lowest BCUT2D eigenvalue weighted by atomic mass is 10.4. The predicted molar refractivity (Wildman–Crippen MR) is 72.2 cm³/mol. The van der Waals surface area contributed by atoms with Gasteiger partial charge in [0.25, 0.3) is 0 Å². The third-order valence-corrected chi connectivity index (χ3v) is 3.19. The SMILES string of the molecule is COCc1nc(Cl)cc(N2CCCN(C)C(=O)C2)n1. The first-order valence-corrected chi connectivity index (χ1v) is 6.49. The second kappa shape index (κ2) is 6.16. The number of methoxy groups -OCH3 is 1. The Morgan fingerprint density at radius 1 is 1.42 bits per heavy atom. The van der Waals surface area contributed by atoms with Gasteiger partial charge >= 0.3 is 0 Å². The first-order chi connectivity index (χ1) is 9.10. The summed E-state index contributed by atoms with van der Waals surface area (Å²) in [5, 5.41) is 0.363. The van der Waals surface area contributed by atoms with E-state index in [-0.39, 0.29) is 5.91 Å². The molecule has 1 amide bonds. The summed E-state index contributed by atoms with van der Waals surface area (Å²) < 4.78 is 5.01. The molecule has 1 aromatic heterocycles. The summed E-state index contributed by atoms with van der Waals surface area (Å²) in [6.07, 6.45) is 0.906. The molecule has 0 spiro atoms. The molecule has 1 aliphatic rings. The van der Waals surface area contributed by atoms with E-state index < -0.39 is 0 Å². The quantitative estimate of drug-likeness (QED) is 0.774. The number of amides is 1. The maximum Gasteiger partial charge on any atom is 0.241 e. The number of carbonyl (C=O) groups is 1. The summed E-state index contributed by atoms with van der Waals surface area (Å²) in [6, 6.07) is 1.68. The van der Waals surface area contributed by atoms with E-state index in [9.17, 15) is 4.79 Å². The zero-order valence-corrected chi connectivity index (χ0v) is 11.9. The van der Waals surface area contributed by atoms with Crippen LogP contribution in [0, 0.1) is 0 Å². The first-order valence-electron chi connectivity index (χ1n) is 6.11. The second-order valence-electron chi connectivity index (χ2n) is 4.49. The van der Waals surface area contributed by atoms with Crippen molar-refractivity contribution in [2.24, 2.45) is 0 Å². The van der Waals surface area contributed by atoms with Gasteiger partial charge in [0.2, 0.25) is 5.91 Å². The molecule has 1 aliphatic heterocycles. The maximum absolute atomic E-state index is 11.9. The van der Waals surface area contributed by atoms with Crippen molar-refractivity contribution in [3.63, 3.8) is 0 Å². The number of nitrogens with zero attached hydrogens (tertiary/aromatic N) is 4. The lowest BCUT2D eigenvalue weighted by molar-refractivity contribution is -0.127. The summed E-state index contributed by atoms with van der Waals surface area (Å²) in [5.41, 5.74) is 0. The van der Waals surface area contributed by atoms with Gasteiger partial charge in [-0.15, -0.1) is 0 Å². The van der Waals surface area contributed by atoms with E-state index in [0.29, 0.717) is 29.9 Å². The number of aromatic nitrogens is 2. The van der Waals surface area contributed by atoms with Gasteiger partial charge in [0.15, 0.2) is 5.82 Å². The molecule has 6 nitrogen and oxygen atoms in total. The van der Waals surface area contributed by atoms with Gasteiger partial charge < -0.3 is 14.5 Å². The largest absolute Gasteiger partial charge is 0.377 e. The number of likely N-dealkylation sites (N-methyl/N-ethyl adjacent to an activating group) is 1. The third-order valence-electron chi connectivity index (χ3n) is 3.00. The maximum atomic E-state index is 11.9. The van der Waals surface area contributed by atoms with E-state index in [0.717, 1.165) is 19.5 Å². The normalized spacial score (nSPS) is 16.7. The van der Waals surface area contributed by atoms with Crippen LogP contribution in [0.3, 0.4) is 0 Å². The van der Waals surface area contributed by atoms with Crippen molar-refractivity contribution < 1.29 is 9.53 Å². The Balaban J connectivity index is 2.22. The molecule has 1 fully saturated rings. The van der Waals surface area contributed by atoms with Crippen LogP contribution in [0.2, 0.25) is 5.15 Å². The fourth-order valence-corrected chi connectivity index (χ4v) is 2.18. The van der Waals surface area contributed by atoms with Gasteiger partial charge in [-0.25, -0.2) is 9.97 Å². The third kappa shape index (κ3) is 3.54. The molecule has 0 radical (unpaired) electrons. The van der Waals surface area contributed by atoms with E-state index >= 15 is 0 Å². The van der Waals surface area contributed by atoms with Gasteiger partial charge in [-0.1, -0.05) is 11.6 Å². The van der Waals surface area contributed by atoms with E-state index in [2.05, 4.69) is 9.97 Å². The number of hydrogen-bond donors (Lipinski definition) is 0. The molecular weight excluding hydrogens is 268 g/mol. The Bertz CT molecular complexity index is 469. The van der Waals surface area contributed by atoms with Crippen LogP contribution in [0.1, 0.15) is 12.2 Å². The fraction of sp³-hybridized carbons (Fsp3) is 0.583. The van der Waals surface area contributed by atoms with Crippen LogP contribution in [0.4, 0.5) is 5.82 Å². The first kappa shape index (κ1) is 14.0. The Morgan fingerprint density at radius 3 is 2.95 bits per heavy atom. The molecule has 0 bridgehead atoms.